The van der Waals surface area contributed by atoms with E-state index in [2.05, 4.69) is 0 Å². The summed E-state index contributed by atoms with van der Waals surface area (Å²) in [7, 11) is -3.83. The fourth-order valence-electron chi connectivity index (χ4n) is 3.63. The number of hydrogen-bond donors (Lipinski definition) is 1. The smallest absolute Gasteiger partial charge is 0.280 e. The van der Waals surface area contributed by atoms with Crippen LogP contribution < -0.4 is 4.90 Å². The van der Waals surface area contributed by atoms with Crippen LogP contribution >= 0.6 is 0 Å². The number of amides is 1. The molecule has 6 nitrogen and oxygen atoms in total. The van der Waals surface area contributed by atoms with Gasteiger partial charge in [-0.3, -0.25) is 4.79 Å². The molecule has 138 valence electrons. The van der Waals surface area contributed by atoms with Gasteiger partial charge in [0.25, 0.3) is 5.91 Å². The van der Waals surface area contributed by atoms with E-state index in [1.165, 1.54) is 22.5 Å². The van der Waals surface area contributed by atoms with Crippen molar-refractivity contribution < 1.29 is 22.5 Å². The first kappa shape index (κ1) is 18.3. The fourth-order valence-corrected chi connectivity index (χ4v) is 5.13. The van der Waals surface area contributed by atoms with Crippen molar-refractivity contribution in [3.05, 3.63) is 30.1 Å². The SMILES string of the molecule is C[C@@H](C(=O)N1CCCC1)[NH+]1CCN(S(=O)(=O)c2ccccc2F)CC1. The standard InChI is InChI=1S/C17H24FN3O3S/c1-14(17(22)20-8-4-5-9-20)19-10-12-21(13-11-19)25(23,24)16-7-3-2-6-15(16)18/h2-3,6-7,14H,4-5,8-13H2,1H3/p+1/t14-/m0/s1. The maximum atomic E-state index is 13.9. The zero-order valence-electron chi connectivity index (χ0n) is 14.4. The summed E-state index contributed by atoms with van der Waals surface area (Å²) in [4.78, 5) is 15.2. The van der Waals surface area contributed by atoms with E-state index in [9.17, 15) is 17.6 Å². The van der Waals surface area contributed by atoms with Crippen LogP contribution in [0.1, 0.15) is 19.8 Å². The zero-order chi connectivity index (χ0) is 18.0. The lowest BCUT2D eigenvalue weighted by Crippen LogP contribution is -3.19. The molecule has 3 rings (SSSR count). The van der Waals surface area contributed by atoms with Gasteiger partial charge in [0, 0.05) is 13.1 Å². The average molecular weight is 370 g/mol. The second-order valence-corrected chi connectivity index (χ2v) is 8.65. The molecule has 0 saturated carbocycles. The van der Waals surface area contributed by atoms with Gasteiger partial charge in [0.2, 0.25) is 10.0 Å². The monoisotopic (exact) mass is 370 g/mol. The summed E-state index contributed by atoms with van der Waals surface area (Å²) in [5.74, 6) is -0.576. The highest BCUT2D eigenvalue weighted by atomic mass is 32.2. The molecule has 2 fully saturated rings. The molecule has 8 heteroatoms. The molecule has 2 aliphatic rings. The Kier molecular flexibility index (Phi) is 5.41. The highest BCUT2D eigenvalue weighted by Crippen LogP contribution is 2.18. The minimum Gasteiger partial charge on any atom is -0.338 e. The highest BCUT2D eigenvalue weighted by Gasteiger charge is 2.37. The number of carbonyl (C=O) groups is 1. The van der Waals surface area contributed by atoms with Gasteiger partial charge in [-0.1, -0.05) is 12.1 Å². The molecule has 1 aromatic rings. The van der Waals surface area contributed by atoms with Crippen molar-refractivity contribution in [1.29, 1.82) is 0 Å². The number of benzene rings is 1. The summed E-state index contributed by atoms with van der Waals surface area (Å²) in [6.45, 7) is 5.25. The van der Waals surface area contributed by atoms with Crippen molar-refractivity contribution in [2.24, 2.45) is 0 Å². The number of rotatable bonds is 4. The summed E-state index contributed by atoms with van der Waals surface area (Å²) in [5.41, 5.74) is 0. The minimum absolute atomic E-state index is 0.151. The second kappa shape index (κ2) is 7.39. The van der Waals surface area contributed by atoms with Gasteiger partial charge in [-0.2, -0.15) is 4.31 Å². The molecule has 0 aromatic heterocycles. The molecule has 0 aliphatic carbocycles. The molecule has 0 unspecified atom stereocenters. The molecule has 2 heterocycles. The van der Waals surface area contributed by atoms with Gasteiger partial charge in [-0.25, -0.2) is 12.8 Å². The van der Waals surface area contributed by atoms with Gasteiger partial charge in [-0.05, 0) is 31.9 Å². The van der Waals surface area contributed by atoms with Crippen LogP contribution in [-0.2, 0) is 14.8 Å². The van der Waals surface area contributed by atoms with Crippen LogP contribution in [0.2, 0.25) is 0 Å². The van der Waals surface area contributed by atoms with Crippen LogP contribution in [0.15, 0.2) is 29.2 Å². The molecule has 1 atom stereocenters. The van der Waals surface area contributed by atoms with Crippen LogP contribution in [-0.4, -0.2) is 68.8 Å². The molecule has 2 saturated heterocycles. The number of sulfonamides is 1. The summed E-state index contributed by atoms with van der Waals surface area (Å²) >= 11 is 0. The number of halogens is 1. The lowest BCUT2D eigenvalue weighted by Gasteiger charge is -2.35. The van der Waals surface area contributed by atoms with Gasteiger partial charge >= 0.3 is 0 Å². The molecule has 1 aromatic carbocycles. The van der Waals surface area contributed by atoms with Crippen LogP contribution in [0, 0.1) is 5.82 Å². The number of carbonyl (C=O) groups excluding carboxylic acids is 1. The third-order valence-corrected chi connectivity index (χ3v) is 7.15. The summed E-state index contributed by atoms with van der Waals surface area (Å²) in [6.07, 6.45) is 2.12. The first-order valence-corrected chi connectivity index (χ1v) is 10.2. The molecule has 1 N–H and O–H groups in total. The summed E-state index contributed by atoms with van der Waals surface area (Å²) < 4.78 is 40.4. The largest absolute Gasteiger partial charge is 0.338 e. The summed E-state index contributed by atoms with van der Waals surface area (Å²) in [5, 5.41) is 0. The lowest BCUT2D eigenvalue weighted by atomic mass is 10.2. The third kappa shape index (κ3) is 3.70. The number of nitrogens with one attached hydrogen (secondary N) is 1. The Labute approximate surface area is 148 Å². The molecule has 2 aliphatic heterocycles. The van der Waals surface area contributed by atoms with Crippen molar-refractivity contribution in [2.45, 2.75) is 30.7 Å². The van der Waals surface area contributed by atoms with E-state index in [4.69, 9.17) is 0 Å². The van der Waals surface area contributed by atoms with Gasteiger partial charge < -0.3 is 9.80 Å². The molecule has 0 spiro atoms. The number of likely N-dealkylation sites (tertiary alicyclic amines) is 1. The van der Waals surface area contributed by atoms with E-state index in [0.717, 1.165) is 36.9 Å². The molecular formula is C17H25FN3O3S+. The lowest BCUT2D eigenvalue weighted by molar-refractivity contribution is -0.918. The Morgan fingerprint density at radius 3 is 2.32 bits per heavy atom. The quantitative estimate of drug-likeness (QED) is 0.794. The Morgan fingerprint density at radius 1 is 1.12 bits per heavy atom. The van der Waals surface area contributed by atoms with Crippen molar-refractivity contribution >= 4 is 15.9 Å². The van der Waals surface area contributed by atoms with Gasteiger partial charge in [-0.15, -0.1) is 0 Å². The van der Waals surface area contributed by atoms with Crippen molar-refractivity contribution in [3.63, 3.8) is 0 Å². The van der Waals surface area contributed by atoms with Gasteiger partial charge in [0.15, 0.2) is 6.04 Å². The van der Waals surface area contributed by atoms with Crippen LogP contribution in [0.5, 0.6) is 0 Å². The number of quaternary nitrogens is 1. The van der Waals surface area contributed by atoms with E-state index in [1.807, 2.05) is 11.8 Å². The van der Waals surface area contributed by atoms with Crippen molar-refractivity contribution in [3.8, 4) is 0 Å². The van der Waals surface area contributed by atoms with Crippen molar-refractivity contribution in [1.82, 2.24) is 9.21 Å². The third-order valence-electron chi connectivity index (χ3n) is 5.22. The first-order valence-electron chi connectivity index (χ1n) is 8.79. The van der Waals surface area contributed by atoms with E-state index < -0.39 is 15.8 Å². The zero-order valence-corrected chi connectivity index (χ0v) is 15.3. The molecule has 25 heavy (non-hydrogen) atoms. The average Bonchev–Trinajstić information content (AvgIpc) is 3.15. The topological polar surface area (TPSA) is 62.1 Å². The maximum absolute atomic E-state index is 13.9. The van der Waals surface area contributed by atoms with Crippen molar-refractivity contribution in [2.75, 3.05) is 39.3 Å². The van der Waals surface area contributed by atoms with E-state index in [1.54, 1.807) is 0 Å². The Hall–Kier alpha value is -1.51. The Bertz CT molecular complexity index is 726. The fraction of sp³-hybridized carbons (Fsp3) is 0.588. The van der Waals surface area contributed by atoms with E-state index in [0.29, 0.717) is 26.2 Å². The number of piperazine rings is 1. The van der Waals surface area contributed by atoms with E-state index >= 15 is 0 Å². The first-order chi connectivity index (χ1) is 11.9. The second-order valence-electron chi connectivity index (χ2n) is 6.75. The molecular weight excluding hydrogens is 345 g/mol. The predicted molar refractivity (Wildman–Crippen MR) is 91.1 cm³/mol. The predicted octanol–water partition coefficient (Wildman–Crippen LogP) is -0.274. The molecule has 1 amide bonds. The van der Waals surface area contributed by atoms with Crippen LogP contribution in [0.4, 0.5) is 4.39 Å². The number of nitrogens with zero attached hydrogens (tertiary/aromatic N) is 2. The van der Waals surface area contributed by atoms with Crippen LogP contribution in [0.25, 0.3) is 0 Å². The van der Waals surface area contributed by atoms with E-state index in [-0.39, 0.29) is 16.8 Å². The maximum Gasteiger partial charge on any atom is 0.280 e. The van der Waals surface area contributed by atoms with Gasteiger partial charge in [0.1, 0.15) is 10.7 Å². The molecule has 0 radical (unpaired) electrons. The normalized spacial score (nSPS) is 21.4. The summed E-state index contributed by atoms with van der Waals surface area (Å²) in [6, 6.07) is 5.28. The highest BCUT2D eigenvalue weighted by molar-refractivity contribution is 7.89. The Morgan fingerprint density at radius 2 is 1.72 bits per heavy atom. The van der Waals surface area contributed by atoms with Gasteiger partial charge in [0.05, 0.1) is 26.2 Å². The van der Waals surface area contributed by atoms with Crippen LogP contribution in [0.3, 0.4) is 0 Å². The number of hydrogen-bond acceptors (Lipinski definition) is 3. The Balaban J connectivity index is 1.63. The molecule has 0 bridgehead atoms. The minimum atomic E-state index is -3.83.